The Morgan fingerprint density at radius 1 is 0.933 bits per heavy atom. The van der Waals surface area contributed by atoms with Crippen molar-refractivity contribution in [2.24, 2.45) is 11.7 Å². The van der Waals surface area contributed by atoms with Gasteiger partial charge in [0.15, 0.2) is 18.0 Å². The fraction of sp³-hybridized carbons (Fsp3) is 0.312. The number of carbonyl (C=O) groups excluding carboxylic acids is 4. The summed E-state index contributed by atoms with van der Waals surface area (Å²) in [6.07, 6.45) is -1.46. The highest BCUT2D eigenvalue weighted by Crippen LogP contribution is 2.30. The van der Waals surface area contributed by atoms with Gasteiger partial charge in [0.2, 0.25) is 11.8 Å². The van der Waals surface area contributed by atoms with Crippen molar-refractivity contribution >= 4 is 29.3 Å². The molecule has 1 saturated heterocycles. The zero-order chi connectivity index (χ0) is 32.2. The highest BCUT2D eigenvalue weighted by atomic mass is 16.6. The van der Waals surface area contributed by atoms with E-state index in [0.717, 1.165) is 28.8 Å². The summed E-state index contributed by atoms with van der Waals surface area (Å²) in [5.74, 6) is -3.63. The van der Waals surface area contributed by atoms with E-state index in [1.54, 1.807) is 6.92 Å². The third-order valence-electron chi connectivity index (χ3n) is 8.13. The molecular weight excluding hydrogens is 582 g/mol. The average Bonchev–Trinajstić information content (AvgIpc) is 3.72. The standard InChI is InChI=1S/C32H33N5O8/c1-17(19-7-3-2-4-8-19)34-31(41)27-28(45-27)32(42)35-23(13-18-11-12-25(38)24(14-18)37(43)44)30(40)36-26(29(33)39)22-15-20-9-5-6-10-21(20)16-22/h2-12,14,17,22-23,26-28,38H,13,15-16H2,1H3,(H2,33,39)(H,34,41)(H,35,42)(H,36,40)/t17-,23+,26+,27-,28?/m0/s1. The van der Waals surface area contributed by atoms with Gasteiger partial charge in [-0.05, 0) is 54.0 Å². The lowest BCUT2D eigenvalue weighted by molar-refractivity contribution is -0.385. The minimum absolute atomic E-state index is 0.232. The SMILES string of the molecule is C[C@H](NC(=O)[C@H]1OC1C(=O)N[C@H](Cc1ccc(O)c([N+](=O)[O-])c1)C(=O)N[C@@H](C(N)=O)C1Cc2ccccc2C1)c1ccccc1. The molecule has 3 aromatic carbocycles. The number of primary amides is 1. The monoisotopic (exact) mass is 615 g/mol. The fourth-order valence-corrected chi connectivity index (χ4v) is 5.68. The number of hydrogen-bond acceptors (Lipinski definition) is 8. The van der Waals surface area contributed by atoms with E-state index in [-0.39, 0.29) is 23.9 Å². The highest BCUT2D eigenvalue weighted by molar-refractivity contribution is 5.98. The van der Waals surface area contributed by atoms with Gasteiger partial charge in [0, 0.05) is 12.5 Å². The molecule has 13 nitrogen and oxygen atoms in total. The van der Waals surface area contributed by atoms with E-state index < -0.39 is 64.3 Å². The van der Waals surface area contributed by atoms with E-state index >= 15 is 0 Å². The lowest BCUT2D eigenvalue weighted by Gasteiger charge is -2.25. The maximum absolute atomic E-state index is 13.6. The van der Waals surface area contributed by atoms with Gasteiger partial charge in [-0.25, -0.2) is 0 Å². The van der Waals surface area contributed by atoms with Crippen LogP contribution in [0.2, 0.25) is 0 Å². The number of nitro benzene ring substituents is 1. The number of nitrogens with two attached hydrogens (primary N) is 1. The fourth-order valence-electron chi connectivity index (χ4n) is 5.68. The molecule has 5 atom stereocenters. The lowest BCUT2D eigenvalue weighted by atomic mass is 9.95. The molecule has 3 aromatic rings. The first kappa shape index (κ1) is 31.1. The van der Waals surface area contributed by atoms with E-state index in [2.05, 4.69) is 16.0 Å². The zero-order valence-electron chi connectivity index (χ0n) is 24.3. The number of rotatable bonds is 12. The van der Waals surface area contributed by atoms with Gasteiger partial charge in [-0.15, -0.1) is 0 Å². The Kier molecular flexibility index (Phi) is 9.09. The van der Waals surface area contributed by atoms with Crippen molar-refractivity contribution in [1.29, 1.82) is 0 Å². The number of hydrogen-bond donors (Lipinski definition) is 5. The van der Waals surface area contributed by atoms with Crippen molar-refractivity contribution in [2.45, 2.75) is 56.5 Å². The summed E-state index contributed by atoms with van der Waals surface area (Å²) >= 11 is 0. The Morgan fingerprint density at radius 3 is 2.13 bits per heavy atom. The molecule has 1 unspecified atom stereocenters. The van der Waals surface area contributed by atoms with E-state index in [9.17, 15) is 34.4 Å². The third kappa shape index (κ3) is 7.27. The number of nitrogens with zero attached hydrogens (tertiary/aromatic N) is 1. The Labute approximate surface area is 258 Å². The van der Waals surface area contributed by atoms with Crippen LogP contribution in [0.15, 0.2) is 72.8 Å². The van der Waals surface area contributed by atoms with Crippen LogP contribution in [0.4, 0.5) is 5.69 Å². The predicted octanol–water partition coefficient (Wildman–Crippen LogP) is 1.36. The molecule has 1 aliphatic carbocycles. The summed E-state index contributed by atoms with van der Waals surface area (Å²) in [6.45, 7) is 1.79. The Bertz CT molecular complexity index is 1610. The van der Waals surface area contributed by atoms with Crippen LogP contribution in [0.3, 0.4) is 0 Å². The smallest absolute Gasteiger partial charge is 0.310 e. The van der Waals surface area contributed by atoms with Crippen LogP contribution in [0.1, 0.15) is 35.2 Å². The molecule has 1 fully saturated rings. The van der Waals surface area contributed by atoms with Gasteiger partial charge in [0.05, 0.1) is 11.0 Å². The number of amides is 4. The third-order valence-corrected chi connectivity index (χ3v) is 8.13. The predicted molar refractivity (Wildman–Crippen MR) is 161 cm³/mol. The van der Waals surface area contributed by atoms with Crippen LogP contribution in [0.5, 0.6) is 5.75 Å². The van der Waals surface area contributed by atoms with Crippen molar-refractivity contribution < 1.29 is 33.9 Å². The minimum Gasteiger partial charge on any atom is -0.502 e. The molecule has 13 heteroatoms. The maximum atomic E-state index is 13.6. The van der Waals surface area contributed by atoms with Crippen molar-refractivity contribution in [2.75, 3.05) is 0 Å². The van der Waals surface area contributed by atoms with E-state index in [1.165, 1.54) is 6.07 Å². The second kappa shape index (κ2) is 13.1. The van der Waals surface area contributed by atoms with Crippen LogP contribution in [-0.2, 0) is 43.2 Å². The molecule has 0 saturated carbocycles. The molecule has 1 heterocycles. The molecule has 0 bridgehead atoms. The van der Waals surface area contributed by atoms with Gasteiger partial charge >= 0.3 is 5.69 Å². The molecule has 45 heavy (non-hydrogen) atoms. The number of phenols is 1. The summed E-state index contributed by atoms with van der Waals surface area (Å²) in [5.41, 5.74) is 8.33. The van der Waals surface area contributed by atoms with E-state index in [0.29, 0.717) is 12.8 Å². The number of phenolic OH excluding ortho intramolecular Hbond substituents is 1. The van der Waals surface area contributed by atoms with Gasteiger partial charge < -0.3 is 31.5 Å². The number of nitrogens with one attached hydrogen (secondary N) is 3. The first-order chi connectivity index (χ1) is 21.5. The molecular formula is C32H33N5O8. The normalized spacial score (nSPS) is 19.0. The summed E-state index contributed by atoms with van der Waals surface area (Å²) < 4.78 is 5.36. The van der Waals surface area contributed by atoms with Gasteiger partial charge in [0.1, 0.15) is 12.1 Å². The van der Waals surface area contributed by atoms with Gasteiger partial charge in [-0.3, -0.25) is 29.3 Å². The number of ether oxygens (including phenoxy) is 1. The van der Waals surface area contributed by atoms with Crippen LogP contribution in [0.25, 0.3) is 0 Å². The molecule has 0 aromatic heterocycles. The van der Waals surface area contributed by atoms with Gasteiger partial charge in [-0.2, -0.15) is 0 Å². The average molecular weight is 616 g/mol. The number of epoxide rings is 1. The molecule has 0 spiro atoms. The van der Waals surface area contributed by atoms with Crippen molar-refractivity contribution in [3.63, 3.8) is 0 Å². The first-order valence-electron chi connectivity index (χ1n) is 14.5. The molecule has 5 rings (SSSR count). The number of carbonyl (C=O) groups is 4. The molecule has 6 N–H and O–H groups in total. The van der Waals surface area contributed by atoms with Gasteiger partial charge in [0.25, 0.3) is 11.8 Å². The Balaban J connectivity index is 1.30. The number of benzene rings is 3. The van der Waals surface area contributed by atoms with Crippen molar-refractivity contribution in [3.05, 3.63) is 105 Å². The first-order valence-corrected chi connectivity index (χ1v) is 14.5. The molecule has 4 amide bonds. The molecule has 1 aliphatic heterocycles. The maximum Gasteiger partial charge on any atom is 0.310 e. The Hall–Kier alpha value is -5.30. The Morgan fingerprint density at radius 2 is 1.53 bits per heavy atom. The van der Waals surface area contributed by atoms with E-state index in [1.807, 2.05) is 54.6 Å². The summed E-state index contributed by atoms with van der Waals surface area (Å²) in [7, 11) is 0. The molecule has 234 valence electrons. The minimum atomic E-state index is -1.33. The quantitative estimate of drug-likeness (QED) is 0.114. The van der Waals surface area contributed by atoms with Crippen LogP contribution in [0, 0.1) is 16.0 Å². The second-order valence-corrected chi connectivity index (χ2v) is 11.3. The number of fused-ring (bicyclic) bond motifs is 1. The number of aromatic hydroxyl groups is 1. The summed E-state index contributed by atoms with van der Waals surface area (Å²) in [6, 6.07) is 17.7. The summed E-state index contributed by atoms with van der Waals surface area (Å²) in [4.78, 5) is 62.7. The largest absolute Gasteiger partial charge is 0.502 e. The van der Waals surface area contributed by atoms with Crippen molar-refractivity contribution in [3.8, 4) is 5.75 Å². The van der Waals surface area contributed by atoms with Gasteiger partial charge in [-0.1, -0.05) is 60.7 Å². The number of nitro groups is 1. The topological polar surface area (TPSA) is 206 Å². The van der Waals surface area contributed by atoms with Crippen LogP contribution in [-0.4, -0.2) is 58.0 Å². The molecule has 0 radical (unpaired) electrons. The van der Waals surface area contributed by atoms with Crippen molar-refractivity contribution in [1.82, 2.24) is 16.0 Å². The highest BCUT2D eigenvalue weighted by Gasteiger charge is 2.51. The second-order valence-electron chi connectivity index (χ2n) is 11.3. The molecule has 2 aliphatic rings. The lowest BCUT2D eigenvalue weighted by Crippen LogP contribution is -2.56. The van der Waals surface area contributed by atoms with Crippen LogP contribution >= 0.6 is 0 Å². The summed E-state index contributed by atoms with van der Waals surface area (Å²) in [5, 5.41) is 29.3. The van der Waals surface area contributed by atoms with E-state index in [4.69, 9.17) is 10.5 Å². The van der Waals surface area contributed by atoms with Crippen LogP contribution < -0.4 is 21.7 Å². The zero-order valence-corrected chi connectivity index (χ0v) is 24.3.